The summed E-state index contributed by atoms with van der Waals surface area (Å²) in [4.78, 5) is 16.5. The van der Waals surface area contributed by atoms with Crippen LogP contribution in [0.15, 0.2) is 24.4 Å². The van der Waals surface area contributed by atoms with Crippen LogP contribution in [-0.2, 0) is 17.9 Å². The Morgan fingerprint density at radius 2 is 2.12 bits per heavy atom. The number of carbonyl (C=O) groups is 1. The number of aromatic nitrogens is 7. The maximum absolute atomic E-state index is 12.2. The molecule has 0 saturated heterocycles. The standard InChI is InChI=1S/C16H19N7O2/c1-4-7-22-15(18-20-21-22)10-25-16(24)13-5-6-14(17-9-13)23-12(3)8-11(2)19-23/h5-6,8-9H,4,7,10H2,1-3H3. The van der Waals surface area contributed by atoms with E-state index >= 15 is 0 Å². The molecule has 9 heteroatoms. The predicted octanol–water partition coefficient (Wildman–Crippen LogP) is 1.64. The van der Waals surface area contributed by atoms with Gasteiger partial charge in [-0.25, -0.2) is 19.1 Å². The molecule has 0 fully saturated rings. The van der Waals surface area contributed by atoms with Crippen molar-refractivity contribution in [2.75, 3.05) is 0 Å². The maximum Gasteiger partial charge on any atom is 0.340 e. The van der Waals surface area contributed by atoms with E-state index in [1.165, 1.54) is 6.20 Å². The van der Waals surface area contributed by atoms with Gasteiger partial charge in [0.05, 0.1) is 11.3 Å². The number of tetrazole rings is 1. The van der Waals surface area contributed by atoms with Gasteiger partial charge in [-0.05, 0) is 48.9 Å². The smallest absolute Gasteiger partial charge is 0.340 e. The first-order chi connectivity index (χ1) is 12.1. The zero-order valence-electron chi connectivity index (χ0n) is 14.4. The Hall–Kier alpha value is -3.10. The lowest BCUT2D eigenvalue weighted by molar-refractivity contribution is 0.0456. The summed E-state index contributed by atoms with van der Waals surface area (Å²) >= 11 is 0. The van der Waals surface area contributed by atoms with Gasteiger partial charge in [0.15, 0.2) is 18.2 Å². The fraction of sp³-hybridized carbons (Fsp3) is 0.375. The molecule has 9 nitrogen and oxygen atoms in total. The Morgan fingerprint density at radius 3 is 2.76 bits per heavy atom. The van der Waals surface area contributed by atoms with Crippen molar-refractivity contribution in [3.8, 4) is 5.82 Å². The molecule has 0 bridgehead atoms. The number of hydrogen-bond acceptors (Lipinski definition) is 7. The van der Waals surface area contributed by atoms with Crippen LogP contribution in [0.1, 0.15) is 40.9 Å². The molecule has 0 N–H and O–H groups in total. The van der Waals surface area contributed by atoms with Crippen LogP contribution >= 0.6 is 0 Å². The second kappa shape index (κ2) is 7.20. The SMILES string of the molecule is CCCn1nnnc1COC(=O)c1ccc(-n2nc(C)cc2C)nc1. The van der Waals surface area contributed by atoms with Crippen LogP contribution in [0.3, 0.4) is 0 Å². The summed E-state index contributed by atoms with van der Waals surface area (Å²) < 4.78 is 8.62. The normalized spacial score (nSPS) is 10.8. The molecule has 3 aromatic rings. The van der Waals surface area contributed by atoms with Crippen LogP contribution in [0.5, 0.6) is 0 Å². The molecular formula is C16H19N7O2. The van der Waals surface area contributed by atoms with Gasteiger partial charge in [-0.2, -0.15) is 5.10 Å². The number of nitrogens with zero attached hydrogens (tertiary/aromatic N) is 7. The zero-order chi connectivity index (χ0) is 17.8. The number of carbonyl (C=O) groups excluding carboxylic acids is 1. The van der Waals surface area contributed by atoms with Crippen molar-refractivity contribution in [3.63, 3.8) is 0 Å². The highest BCUT2D eigenvalue weighted by Gasteiger charge is 2.13. The van der Waals surface area contributed by atoms with Gasteiger partial charge >= 0.3 is 5.97 Å². The molecule has 0 aliphatic carbocycles. The Bertz CT molecular complexity index is 867. The molecule has 0 aliphatic rings. The number of rotatable bonds is 6. The van der Waals surface area contributed by atoms with Gasteiger partial charge in [-0.1, -0.05) is 6.92 Å². The predicted molar refractivity (Wildman–Crippen MR) is 88.1 cm³/mol. The second-order valence-corrected chi connectivity index (χ2v) is 5.64. The number of pyridine rings is 1. The van der Waals surface area contributed by atoms with E-state index < -0.39 is 5.97 Å². The van der Waals surface area contributed by atoms with Crippen molar-refractivity contribution in [3.05, 3.63) is 47.2 Å². The van der Waals surface area contributed by atoms with Crippen molar-refractivity contribution in [1.29, 1.82) is 0 Å². The van der Waals surface area contributed by atoms with Gasteiger partial charge in [-0.15, -0.1) is 5.10 Å². The summed E-state index contributed by atoms with van der Waals surface area (Å²) in [6, 6.07) is 5.36. The summed E-state index contributed by atoms with van der Waals surface area (Å²) in [6.07, 6.45) is 2.37. The molecule has 3 rings (SSSR count). The molecule has 3 aromatic heterocycles. The molecule has 0 saturated carbocycles. The number of aryl methyl sites for hydroxylation is 3. The fourth-order valence-electron chi connectivity index (χ4n) is 2.42. The molecule has 25 heavy (non-hydrogen) atoms. The first-order valence-corrected chi connectivity index (χ1v) is 8.00. The minimum absolute atomic E-state index is 0.0189. The van der Waals surface area contributed by atoms with E-state index in [1.54, 1.807) is 21.5 Å². The monoisotopic (exact) mass is 341 g/mol. The van der Waals surface area contributed by atoms with Crippen LogP contribution < -0.4 is 0 Å². The Labute approximate surface area is 144 Å². The third kappa shape index (κ3) is 3.70. The fourth-order valence-corrected chi connectivity index (χ4v) is 2.42. The Balaban J connectivity index is 1.66. The number of esters is 1. The van der Waals surface area contributed by atoms with E-state index in [0.29, 0.717) is 23.8 Å². The quantitative estimate of drug-likeness (QED) is 0.628. The summed E-state index contributed by atoms with van der Waals surface area (Å²) in [5.74, 6) is 0.690. The first-order valence-electron chi connectivity index (χ1n) is 8.00. The van der Waals surface area contributed by atoms with Crippen molar-refractivity contribution < 1.29 is 9.53 Å². The van der Waals surface area contributed by atoms with Crippen LogP contribution in [0, 0.1) is 13.8 Å². The van der Waals surface area contributed by atoms with Crippen LogP contribution in [0.4, 0.5) is 0 Å². The Morgan fingerprint density at radius 1 is 1.28 bits per heavy atom. The minimum Gasteiger partial charge on any atom is -0.454 e. The van der Waals surface area contributed by atoms with Gasteiger partial charge in [0, 0.05) is 18.4 Å². The lowest BCUT2D eigenvalue weighted by Crippen LogP contribution is -2.11. The maximum atomic E-state index is 12.2. The Kier molecular flexibility index (Phi) is 4.82. The van der Waals surface area contributed by atoms with Gasteiger partial charge in [0.1, 0.15) is 0 Å². The second-order valence-electron chi connectivity index (χ2n) is 5.64. The lowest BCUT2D eigenvalue weighted by atomic mass is 10.3. The molecule has 0 spiro atoms. The average molecular weight is 341 g/mol. The van der Waals surface area contributed by atoms with Crippen molar-refractivity contribution in [2.45, 2.75) is 40.3 Å². The molecule has 130 valence electrons. The van der Waals surface area contributed by atoms with Crippen LogP contribution in [-0.4, -0.2) is 40.9 Å². The summed E-state index contributed by atoms with van der Waals surface area (Å²) in [6.45, 7) is 6.59. The minimum atomic E-state index is -0.474. The van der Waals surface area contributed by atoms with Gasteiger partial charge < -0.3 is 4.74 Å². The zero-order valence-corrected chi connectivity index (χ0v) is 14.4. The molecule has 0 radical (unpaired) electrons. The highest BCUT2D eigenvalue weighted by Crippen LogP contribution is 2.11. The lowest BCUT2D eigenvalue weighted by Gasteiger charge is -2.06. The van der Waals surface area contributed by atoms with E-state index in [2.05, 4.69) is 25.6 Å². The molecule has 0 aliphatic heterocycles. The molecule has 0 amide bonds. The van der Waals surface area contributed by atoms with Crippen molar-refractivity contribution in [2.24, 2.45) is 0 Å². The highest BCUT2D eigenvalue weighted by atomic mass is 16.5. The van der Waals surface area contributed by atoms with Gasteiger partial charge in [0.25, 0.3) is 0 Å². The van der Waals surface area contributed by atoms with E-state index in [0.717, 1.165) is 17.8 Å². The van der Waals surface area contributed by atoms with E-state index in [-0.39, 0.29) is 6.61 Å². The van der Waals surface area contributed by atoms with Crippen LogP contribution in [0.2, 0.25) is 0 Å². The topological polar surface area (TPSA) is 101 Å². The average Bonchev–Trinajstić information content (AvgIpc) is 3.19. The summed E-state index contributed by atoms with van der Waals surface area (Å²) in [5.41, 5.74) is 2.25. The van der Waals surface area contributed by atoms with Crippen LogP contribution in [0.25, 0.3) is 5.82 Å². The van der Waals surface area contributed by atoms with E-state index in [1.807, 2.05) is 26.8 Å². The van der Waals surface area contributed by atoms with Gasteiger partial charge in [-0.3, -0.25) is 0 Å². The summed E-state index contributed by atoms with van der Waals surface area (Å²) in [7, 11) is 0. The third-order valence-corrected chi connectivity index (χ3v) is 3.58. The molecular weight excluding hydrogens is 322 g/mol. The molecule has 0 aromatic carbocycles. The molecule has 0 atom stereocenters. The molecule has 3 heterocycles. The van der Waals surface area contributed by atoms with Gasteiger partial charge in [0.2, 0.25) is 0 Å². The van der Waals surface area contributed by atoms with E-state index in [9.17, 15) is 4.79 Å². The van der Waals surface area contributed by atoms with Crippen molar-refractivity contribution in [1.82, 2.24) is 35.0 Å². The van der Waals surface area contributed by atoms with E-state index in [4.69, 9.17) is 4.74 Å². The number of ether oxygens (including phenoxy) is 1. The summed E-state index contributed by atoms with van der Waals surface area (Å²) in [5, 5.41) is 15.7. The largest absolute Gasteiger partial charge is 0.454 e. The van der Waals surface area contributed by atoms with Crippen molar-refractivity contribution >= 4 is 5.97 Å². The first kappa shape index (κ1) is 16.7. The number of hydrogen-bond donors (Lipinski definition) is 0. The third-order valence-electron chi connectivity index (χ3n) is 3.58. The highest BCUT2D eigenvalue weighted by molar-refractivity contribution is 5.89. The molecule has 0 unspecified atom stereocenters.